The molecule has 2 amide bonds. The molecule has 0 fully saturated rings. The Labute approximate surface area is 179 Å². The third-order valence-corrected chi connectivity index (χ3v) is 6.28. The molecule has 0 saturated heterocycles. The van der Waals surface area contributed by atoms with Crippen LogP contribution in [-0.2, 0) is 19.6 Å². The van der Waals surface area contributed by atoms with E-state index in [2.05, 4.69) is 31.3 Å². The van der Waals surface area contributed by atoms with Crippen LogP contribution in [0.2, 0.25) is 0 Å². The zero-order valence-electron chi connectivity index (χ0n) is 16.5. The molecule has 0 unspecified atom stereocenters. The summed E-state index contributed by atoms with van der Waals surface area (Å²) in [6, 6.07) is 10.6. The zero-order chi connectivity index (χ0) is 21.6. The number of benzene rings is 2. The van der Waals surface area contributed by atoms with E-state index in [-0.39, 0.29) is 30.3 Å². The van der Waals surface area contributed by atoms with Crippen molar-refractivity contribution in [1.82, 2.24) is 10.0 Å². The molecule has 2 aromatic rings. The average molecular weight is 482 g/mol. The molecule has 9 heteroatoms. The van der Waals surface area contributed by atoms with Crippen molar-refractivity contribution < 1.29 is 18.0 Å². The number of hydrogen-bond acceptors (Lipinski definition) is 4. The number of amides is 2. The quantitative estimate of drug-likeness (QED) is 0.538. The second-order valence-corrected chi connectivity index (χ2v) is 9.35. The van der Waals surface area contributed by atoms with Gasteiger partial charge in [-0.25, -0.2) is 13.1 Å². The number of hydrogen-bond donors (Lipinski definition) is 3. The molecule has 0 aliphatic carbocycles. The highest BCUT2D eigenvalue weighted by Gasteiger charge is 2.17. The molecule has 2 aromatic carbocycles. The maximum atomic E-state index is 12.4. The van der Waals surface area contributed by atoms with Gasteiger partial charge in [-0.1, -0.05) is 28.1 Å². The van der Waals surface area contributed by atoms with E-state index in [0.717, 1.165) is 15.6 Å². The minimum Gasteiger partial charge on any atom is -0.347 e. The lowest BCUT2D eigenvalue weighted by Gasteiger charge is -2.11. The topological polar surface area (TPSA) is 104 Å². The van der Waals surface area contributed by atoms with E-state index in [4.69, 9.17) is 0 Å². The maximum Gasteiger partial charge on any atom is 0.243 e. The minimum atomic E-state index is -3.70. The molecule has 3 N–H and O–H groups in total. The van der Waals surface area contributed by atoms with E-state index in [0.29, 0.717) is 11.3 Å². The van der Waals surface area contributed by atoms with Crippen molar-refractivity contribution in [2.24, 2.45) is 0 Å². The van der Waals surface area contributed by atoms with Crippen molar-refractivity contribution in [3.05, 3.63) is 57.6 Å². The van der Waals surface area contributed by atoms with Gasteiger partial charge in [0, 0.05) is 23.1 Å². The largest absolute Gasteiger partial charge is 0.347 e. The Morgan fingerprint density at radius 1 is 0.966 bits per heavy atom. The molecule has 156 valence electrons. The Bertz CT molecular complexity index is 1020. The fourth-order valence-electron chi connectivity index (χ4n) is 2.60. The Balaban J connectivity index is 1.79. The smallest absolute Gasteiger partial charge is 0.243 e. The predicted octanol–water partition coefficient (Wildman–Crippen LogP) is 2.80. The molecule has 0 heterocycles. The van der Waals surface area contributed by atoms with Gasteiger partial charge in [0.15, 0.2) is 0 Å². The lowest BCUT2D eigenvalue weighted by atomic mass is 10.2. The van der Waals surface area contributed by atoms with Gasteiger partial charge < -0.3 is 10.6 Å². The van der Waals surface area contributed by atoms with Crippen LogP contribution in [0.1, 0.15) is 23.1 Å². The number of nitrogens with one attached hydrogen (secondary N) is 3. The minimum absolute atomic E-state index is 0.0605. The lowest BCUT2D eigenvalue weighted by Crippen LogP contribution is -2.35. The van der Waals surface area contributed by atoms with Gasteiger partial charge in [0.25, 0.3) is 0 Å². The summed E-state index contributed by atoms with van der Waals surface area (Å²) >= 11 is 3.35. The monoisotopic (exact) mass is 481 g/mol. The van der Waals surface area contributed by atoms with Crippen molar-refractivity contribution in [1.29, 1.82) is 0 Å². The summed E-state index contributed by atoms with van der Waals surface area (Å²) < 4.78 is 28.1. The maximum absolute atomic E-state index is 12.4. The van der Waals surface area contributed by atoms with Crippen LogP contribution in [0.5, 0.6) is 0 Å². The highest BCUT2D eigenvalue weighted by molar-refractivity contribution is 9.10. The van der Waals surface area contributed by atoms with Gasteiger partial charge in [-0.15, -0.1) is 0 Å². The third-order valence-electron chi connectivity index (χ3n) is 4.19. The van der Waals surface area contributed by atoms with Crippen molar-refractivity contribution in [3.8, 4) is 0 Å². The van der Waals surface area contributed by atoms with Crippen molar-refractivity contribution >= 4 is 43.5 Å². The van der Waals surface area contributed by atoms with Gasteiger partial charge >= 0.3 is 0 Å². The number of sulfonamides is 1. The number of carbonyl (C=O) groups is 2. The standard InChI is InChI=1S/C20H24BrN3O4S/c1-13-4-5-14(2)18(10-13)29(27,28)23-9-8-19(25)22-12-20(26)24-17-7-6-16(21)11-15(17)3/h4-7,10-11,23H,8-9,12H2,1-3H3,(H,22,25)(H,24,26). The van der Waals surface area contributed by atoms with Crippen LogP contribution < -0.4 is 15.4 Å². The summed E-state index contributed by atoms with van der Waals surface area (Å²) in [6.07, 6.45) is -0.0747. The van der Waals surface area contributed by atoms with Crippen LogP contribution in [0.3, 0.4) is 0 Å². The second kappa shape index (κ2) is 10.00. The van der Waals surface area contributed by atoms with E-state index in [1.54, 1.807) is 25.1 Å². The number of carbonyl (C=O) groups excluding carboxylic acids is 2. The van der Waals surface area contributed by atoms with Crippen molar-refractivity contribution in [2.75, 3.05) is 18.4 Å². The Hall–Kier alpha value is -2.23. The first kappa shape index (κ1) is 23.1. The number of aryl methyl sites for hydroxylation is 3. The van der Waals surface area contributed by atoms with Gasteiger partial charge in [0.2, 0.25) is 21.8 Å². The first-order chi connectivity index (χ1) is 13.6. The Kier molecular flexibility index (Phi) is 7.95. The lowest BCUT2D eigenvalue weighted by molar-refractivity contribution is -0.124. The van der Waals surface area contributed by atoms with E-state index in [1.807, 2.05) is 32.0 Å². The molecule has 2 rings (SSSR count). The highest BCUT2D eigenvalue weighted by Crippen LogP contribution is 2.20. The number of anilines is 1. The summed E-state index contributed by atoms with van der Waals surface area (Å²) in [7, 11) is -3.70. The summed E-state index contributed by atoms with van der Waals surface area (Å²) in [5.74, 6) is -0.781. The molecule has 0 aliphatic rings. The van der Waals surface area contributed by atoms with Crippen LogP contribution in [0.25, 0.3) is 0 Å². The summed E-state index contributed by atoms with van der Waals surface area (Å²) in [5, 5.41) is 5.21. The molecule has 29 heavy (non-hydrogen) atoms. The number of rotatable bonds is 8. The molecular weight excluding hydrogens is 458 g/mol. The van der Waals surface area contributed by atoms with Crippen LogP contribution in [-0.4, -0.2) is 33.3 Å². The summed E-state index contributed by atoms with van der Waals surface area (Å²) in [6.45, 7) is 5.13. The van der Waals surface area contributed by atoms with E-state index in [1.165, 1.54) is 0 Å². The van der Waals surface area contributed by atoms with Gasteiger partial charge in [-0.3, -0.25) is 9.59 Å². The molecule has 7 nitrogen and oxygen atoms in total. The average Bonchev–Trinajstić information content (AvgIpc) is 2.64. The first-order valence-electron chi connectivity index (χ1n) is 8.98. The molecule has 0 aromatic heterocycles. The molecular formula is C20H24BrN3O4S. The molecule has 0 atom stereocenters. The molecule has 0 radical (unpaired) electrons. The van der Waals surface area contributed by atoms with Gasteiger partial charge in [0.1, 0.15) is 0 Å². The molecule has 0 aliphatic heterocycles. The number of halogens is 1. The van der Waals surface area contributed by atoms with Crippen molar-refractivity contribution in [2.45, 2.75) is 32.1 Å². The van der Waals surface area contributed by atoms with Crippen LogP contribution in [0.4, 0.5) is 5.69 Å². The molecule has 0 bridgehead atoms. The van der Waals surface area contributed by atoms with Gasteiger partial charge in [-0.2, -0.15) is 0 Å². The van der Waals surface area contributed by atoms with Gasteiger partial charge in [0.05, 0.1) is 11.4 Å². The van der Waals surface area contributed by atoms with Crippen LogP contribution in [0.15, 0.2) is 45.8 Å². The normalized spacial score (nSPS) is 11.2. The fourth-order valence-corrected chi connectivity index (χ4v) is 4.44. The SMILES string of the molecule is Cc1ccc(C)c(S(=O)(=O)NCCC(=O)NCC(=O)Nc2ccc(Br)cc2C)c1. The van der Waals surface area contributed by atoms with Gasteiger partial charge in [-0.05, 0) is 61.7 Å². The second-order valence-electron chi connectivity index (χ2n) is 6.70. The molecule has 0 saturated carbocycles. The Morgan fingerprint density at radius 2 is 1.69 bits per heavy atom. The van der Waals surface area contributed by atoms with Crippen LogP contribution >= 0.6 is 15.9 Å². The first-order valence-corrected chi connectivity index (χ1v) is 11.3. The zero-order valence-corrected chi connectivity index (χ0v) is 18.9. The summed E-state index contributed by atoms with van der Waals surface area (Å²) in [5.41, 5.74) is 3.02. The predicted molar refractivity (Wildman–Crippen MR) is 116 cm³/mol. The summed E-state index contributed by atoms with van der Waals surface area (Å²) in [4.78, 5) is 24.1. The fraction of sp³-hybridized carbons (Fsp3) is 0.300. The van der Waals surface area contributed by atoms with Crippen LogP contribution in [0, 0.1) is 20.8 Å². The van der Waals surface area contributed by atoms with E-state index < -0.39 is 15.9 Å². The Morgan fingerprint density at radius 3 is 2.38 bits per heavy atom. The van der Waals surface area contributed by atoms with E-state index in [9.17, 15) is 18.0 Å². The van der Waals surface area contributed by atoms with Crippen molar-refractivity contribution in [3.63, 3.8) is 0 Å². The highest BCUT2D eigenvalue weighted by atomic mass is 79.9. The van der Waals surface area contributed by atoms with E-state index >= 15 is 0 Å². The molecule has 0 spiro atoms. The third kappa shape index (κ3) is 6.95.